The molecule has 1 aliphatic rings. The Morgan fingerprint density at radius 1 is 1.14 bits per heavy atom. The number of alkyl halides is 4. The Labute approximate surface area is 124 Å². The third kappa shape index (κ3) is 3.22. The molecule has 1 N–H and O–H groups in total. The van der Waals surface area contributed by atoms with Crippen molar-refractivity contribution in [1.82, 2.24) is 0 Å². The summed E-state index contributed by atoms with van der Waals surface area (Å²) in [5.41, 5.74) is 0.458. The van der Waals surface area contributed by atoms with Crippen molar-refractivity contribution in [3.05, 3.63) is 22.2 Å². The van der Waals surface area contributed by atoms with Crippen LogP contribution >= 0.6 is 15.9 Å². The second-order valence-corrected chi connectivity index (χ2v) is 5.23. The maximum Gasteiger partial charge on any atom is 0.507 e. The lowest BCUT2D eigenvalue weighted by atomic mass is 10.1. The van der Waals surface area contributed by atoms with Crippen molar-refractivity contribution >= 4 is 21.9 Å². The van der Waals surface area contributed by atoms with Crippen molar-refractivity contribution in [3.63, 3.8) is 0 Å². The van der Waals surface area contributed by atoms with Crippen molar-refractivity contribution < 1.29 is 36.9 Å². The first-order valence-electron chi connectivity index (χ1n) is 5.80. The summed E-state index contributed by atoms with van der Waals surface area (Å²) < 4.78 is 60.5. The van der Waals surface area contributed by atoms with Crippen LogP contribution in [0.15, 0.2) is 16.6 Å². The van der Waals surface area contributed by atoms with Crippen LogP contribution in [0.4, 0.5) is 17.6 Å². The molecule has 0 unspecified atom stereocenters. The van der Waals surface area contributed by atoms with Crippen molar-refractivity contribution in [1.29, 1.82) is 0 Å². The zero-order valence-electron chi connectivity index (χ0n) is 10.3. The highest BCUT2D eigenvalue weighted by atomic mass is 79.9. The number of halogens is 5. The topological polar surface area (TPSA) is 55.8 Å². The largest absolute Gasteiger partial charge is 0.507 e. The highest BCUT2D eigenvalue weighted by Gasteiger charge is 2.66. The van der Waals surface area contributed by atoms with E-state index < -0.39 is 29.7 Å². The van der Waals surface area contributed by atoms with Gasteiger partial charge in [-0.05, 0) is 30.5 Å². The summed E-state index contributed by atoms with van der Waals surface area (Å²) in [6.07, 6.45) is -9.11. The predicted molar refractivity (Wildman–Crippen MR) is 65.9 cm³/mol. The molecule has 0 saturated heterocycles. The molecule has 0 spiro atoms. The van der Waals surface area contributed by atoms with Gasteiger partial charge in [0, 0.05) is 10.9 Å². The lowest BCUT2D eigenvalue weighted by molar-refractivity contribution is -0.391. The molecule has 21 heavy (non-hydrogen) atoms. The number of benzene rings is 1. The lowest BCUT2D eigenvalue weighted by Crippen LogP contribution is -2.52. The Morgan fingerprint density at radius 3 is 2.19 bits per heavy atom. The number of carbonyl (C=O) groups is 1. The van der Waals surface area contributed by atoms with Crippen molar-refractivity contribution in [2.24, 2.45) is 0 Å². The smallest absolute Gasteiger partial charge is 0.481 e. The fourth-order valence-corrected chi connectivity index (χ4v) is 2.27. The highest BCUT2D eigenvalue weighted by Crippen LogP contribution is 2.48. The Morgan fingerprint density at radius 2 is 1.67 bits per heavy atom. The van der Waals surface area contributed by atoms with Gasteiger partial charge in [-0.3, -0.25) is 4.79 Å². The third-order valence-electron chi connectivity index (χ3n) is 2.76. The van der Waals surface area contributed by atoms with Gasteiger partial charge in [-0.25, -0.2) is 0 Å². The van der Waals surface area contributed by atoms with Gasteiger partial charge in [0.2, 0.25) is 0 Å². The number of rotatable bonds is 4. The van der Waals surface area contributed by atoms with E-state index in [-0.39, 0.29) is 19.3 Å². The minimum atomic E-state index is -4.77. The molecule has 116 valence electrons. The van der Waals surface area contributed by atoms with E-state index in [0.29, 0.717) is 10.0 Å². The van der Waals surface area contributed by atoms with Crippen LogP contribution in [0.2, 0.25) is 0 Å². The molecular formula is C12H9BrF4O4. The molecule has 1 aromatic carbocycles. The normalized spacial score (nSPS) is 18.3. The van der Waals surface area contributed by atoms with E-state index in [4.69, 9.17) is 5.11 Å². The van der Waals surface area contributed by atoms with Crippen LogP contribution in [0.5, 0.6) is 11.5 Å². The first-order valence-corrected chi connectivity index (χ1v) is 6.59. The summed E-state index contributed by atoms with van der Waals surface area (Å²) in [5.74, 6) is -2.02. The second-order valence-electron chi connectivity index (χ2n) is 4.38. The highest BCUT2D eigenvalue weighted by molar-refractivity contribution is 9.10. The van der Waals surface area contributed by atoms with Crippen molar-refractivity contribution in [3.8, 4) is 11.5 Å². The van der Waals surface area contributed by atoms with Gasteiger partial charge in [-0.1, -0.05) is 15.9 Å². The van der Waals surface area contributed by atoms with Gasteiger partial charge in [-0.2, -0.15) is 17.6 Å². The van der Waals surface area contributed by atoms with Crippen molar-refractivity contribution in [2.45, 2.75) is 31.5 Å². The first-order chi connectivity index (χ1) is 9.62. The number of aliphatic carboxylic acids is 1. The van der Waals surface area contributed by atoms with Crippen LogP contribution in [-0.2, 0) is 11.2 Å². The maximum atomic E-state index is 13.1. The molecule has 1 aliphatic heterocycles. The minimum Gasteiger partial charge on any atom is -0.481 e. The molecule has 1 heterocycles. The van der Waals surface area contributed by atoms with Gasteiger partial charge < -0.3 is 14.6 Å². The number of fused-ring (bicyclic) bond motifs is 1. The fraction of sp³-hybridized carbons (Fsp3) is 0.417. The zero-order chi connectivity index (χ0) is 15.8. The Balaban J connectivity index is 2.25. The average Bonchev–Trinajstić information content (AvgIpc) is 2.31. The maximum absolute atomic E-state index is 13.1. The molecule has 0 radical (unpaired) electrons. The van der Waals surface area contributed by atoms with E-state index >= 15 is 0 Å². The van der Waals surface area contributed by atoms with Crippen molar-refractivity contribution in [2.75, 3.05) is 0 Å². The molecule has 0 atom stereocenters. The Bertz CT molecular complexity index is 577. The molecule has 0 aliphatic carbocycles. The molecule has 0 aromatic heterocycles. The SMILES string of the molecule is O=C(O)CCCc1cc2c(cc1Br)OC(F)(F)C(F)(F)O2. The summed E-state index contributed by atoms with van der Waals surface area (Å²) in [5, 5.41) is 8.54. The molecule has 0 amide bonds. The molecular weight excluding hydrogens is 364 g/mol. The fourth-order valence-electron chi connectivity index (χ4n) is 1.75. The van der Waals surface area contributed by atoms with E-state index in [1.165, 1.54) is 0 Å². The summed E-state index contributed by atoms with van der Waals surface area (Å²) in [7, 11) is 0. The van der Waals surface area contributed by atoms with Gasteiger partial charge in [0.25, 0.3) is 0 Å². The first kappa shape index (κ1) is 15.9. The summed E-state index contributed by atoms with van der Waals surface area (Å²) in [6, 6.07) is 2.22. The van der Waals surface area contributed by atoms with E-state index in [2.05, 4.69) is 25.4 Å². The molecule has 2 rings (SSSR count). The molecule has 0 saturated carbocycles. The van der Waals surface area contributed by atoms with Gasteiger partial charge in [-0.15, -0.1) is 0 Å². The Kier molecular flexibility index (Phi) is 4.05. The zero-order valence-corrected chi connectivity index (χ0v) is 11.9. The molecule has 1 aromatic rings. The predicted octanol–water partition coefficient (Wildman–Crippen LogP) is 3.81. The third-order valence-corrected chi connectivity index (χ3v) is 3.50. The number of carboxylic acid groups (broad SMARTS) is 1. The number of hydrogen-bond donors (Lipinski definition) is 1. The Hall–Kier alpha value is -1.51. The summed E-state index contributed by atoms with van der Waals surface area (Å²) in [4.78, 5) is 10.4. The van der Waals surface area contributed by atoms with E-state index in [1.54, 1.807) is 0 Å². The van der Waals surface area contributed by atoms with Crippen LogP contribution in [0.1, 0.15) is 18.4 Å². The minimum absolute atomic E-state index is 0.102. The molecule has 0 fully saturated rings. The standard InChI is InChI=1S/C12H9BrF4O4/c13-7-5-9-8(4-6(7)2-1-3-10(18)19)20-11(14,15)12(16,17)21-9/h4-5H,1-3H2,(H,18,19). The van der Waals surface area contributed by atoms with Crippen LogP contribution in [0.3, 0.4) is 0 Å². The van der Waals surface area contributed by atoms with Gasteiger partial charge in [0.05, 0.1) is 0 Å². The van der Waals surface area contributed by atoms with E-state index in [9.17, 15) is 22.4 Å². The molecule has 9 heteroatoms. The van der Waals surface area contributed by atoms with E-state index in [0.717, 1.165) is 12.1 Å². The number of ether oxygens (including phenoxy) is 2. The van der Waals surface area contributed by atoms with Gasteiger partial charge in [0.1, 0.15) is 0 Å². The second kappa shape index (κ2) is 5.36. The summed E-state index contributed by atoms with van der Waals surface area (Å²) in [6.45, 7) is 0. The number of carboxylic acids is 1. The van der Waals surface area contributed by atoms with E-state index in [1.807, 2.05) is 0 Å². The van der Waals surface area contributed by atoms with Crippen LogP contribution in [0, 0.1) is 0 Å². The number of hydrogen-bond acceptors (Lipinski definition) is 3. The van der Waals surface area contributed by atoms with Crippen LogP contribution in [-0.4, -0.2) is 23.3 Å². The molecule has 4 nitrogen and oxygen atoms in total. The van der Waals surface area contributed by atoms with Crippen LogP contribution in [0.25, 0.3) is 0 Å². The van der Waals surface area contributed by atoms with Gasteiger partial charge >= 0.3 is 18.2 Å². The van der Waals surface area contributed by atoms with Gasteiger partial charge in [0.15, 0.2) is 11.5 Å². The average molecular weight is 373 g/mol. The summed E-state index contributed by atoms with van der Waals surface area (Å²) >= 11 is 3.09. The molecule has 0 bridgehead atoms. The quantitative estimate of drug-likeness (QED) is 0.816. The lowest BCUT2D eigenvalue weighted by Gasteiger charge is -2.32. The van der Waals surface area contributed by atoms with Crippen LogP contribution < -0.4 is 9.47 Å². The number of aryl methyl sites for hydroxylation is 1. The monoisotopic (exact) mass is 372 g/mol.